The zero-order valence-corrected chi connectivity index (χ0v) is 17.7. The van der Waals surface area contributed by atoms with Gasteiger partial charge in [0.05, 0.1) is 6.04 Å². The van der Waals surface area contributed by atoms with E-state index in [0.29, 0.717) is 25.8 Å². The number of likely N-dealkylation sites (tertiary alicyclic amines) is 1. The van der Waals surface area contributed by atoms with Crippen molar-refractivity contribution < 1.29 is 29.0 Å². The SMILES string of the molecule is CC(C)(C)OC(=O)N1CCCC[C@@H]1/C(O)=C1/C(=O)O[C@@H](CCc2ccccc2)C1=O. The summed E-state index contributed by atoms with van der Waals surface area (Å²) in [7, 11) is 0. The van der Waals surface area contributed by atoms with Crippen LogP contribution in [0.2, 0.25) is 0 Å². The summed E-state index contributed by atoms with van der Waals surface area (Å²) < 4.78 is 10.7. The lowest BCUT2D eigenvalue weighted by molar-refractivity contribution is -0.141. The summed E-state index contributed by atoms with van der Waals surface area (Å²) >= 11 is 0. The molecule has 3 rings (SSSR count). The Morgan fingerprint density at radius 3 is 2.57 bits per heavy atom. The molecule has 0 radical (unpaired) electrons. The van der Waals surface area contributed by atoms with Gasteiger partial charge in [-0.15, -0.1) is 0 Å². The molecule has 0 spiro atoms. The number of benzene rings is 1. The molecular weight excluding hydrogens is 386 g/mol. The monoisotopic (exact) mass is 415 g/mol. The van der Waals surface area contributed by atoms with E-state index in [1.54, 1.807) is 20.8 Å². The lowest BCUT2D eigenvalue weighted by Crippen LogP contribution is -2.47. The largest absolute Gasteiger partial charge is 0.509 e. The van der Waals surface area contributed by atoms with E-state index in [0.717, 1.165) is 18.4 Å². The van der Waals surface area contributed by atoms with Gasteiger partial charge in [-0.3, -0.25) is 9.69 Å². The second kappa shape index (κ2) is 8.90. The third kappa shape index (κ3) is 5.01. The number of cyclic esters (lactones) is 1. The Balaban J connectivity index is 1.76. The summed E-state index contributed by atoms with van der Waals surface area (Å²) in [6.07, 6.45) is 1.40. The molecule has 1 aromatic carbocycles. The standard InChI is InChI=1S/C23H29NO6/c1-23(2,3)30-22(28)24-14-8-7-11-16(24)19(25)18-20(26)17(29-21(18)27)13-12-15-9-5-4-6-10-15/h4-6,9-10,16-17,25H,7-8,11-14H2,1-3H3/b19-18-/t16-,17+/m1/s1. The highest BCUT2D eigenvalue weighted by molar-refractivity contribution is 6.23. The molecule has 1 aromatic rings. The number of hydrogen-bond donors (Lipinski definition) is 1. The number of nitrogens with zero attached hydrogens (tertiary/aromatic N) is 1. The first-order valence-corrected chi connectivity index (χ1v) is 10.4. The predicted octanol–water partition coefficient (Wildman–Crippen LogP) is 3.72. The number of aryl methyl sites for hydroxylation is 1. The summed E-state index contributed by atoms with van der Waals surface area (Å²) in [6, 6.07) is 8.83. The number of aliphatic hydroxyl groups is 1. The minimum atomic E-state index is -0.923. The number of aliphatic hydroxyl groups excluding tert-OH is 1. The molecule has 2 aliphatic heterocycles. The second-order valence-corrected chi connectivity index (χ2v) is 8.73. The molecule has 30 heavy (non-hydrogen) atoms. The fourth-order valence-corrected chi connectivity index (χ4v) is 3.79. The second-order valence-electron chi connectivity index (χ2n) is 8.73. The Kier molecular flexibility index (Phi) is 6.48. The molecule has 1 amide bonds. The van der Waals surface area contributed by atoms with Crippen LogP contribution in [0.25, 0.3) is 0 Å². The molecule has 0 bridgehead atoms. The smallest absolute Gasteiger partial charge is 0.410 e. The summed E-state index contributed by atoms with van der Waals surface area (Å²) in [4.78, 5) is 39.2. The van der Waals surface area contributed by atoms with Crippen molar-refractivity contribution in [1.82, 2.24) is 4.90 Å². The number of carbonyl (C=O) groups excluding carboxylic acids is 3. The molecule has 2 aliphatic rings. The number of Topliss-reactive ketones (excluding diaryl/α,β-unsaturated/α-hetero) is 1. The maximum absolute atomic E-state index is 12.8. The minimum absolute atomic E-state index is 0.339. The van der Waals surface area contributed by atoms with Gasteiger partial charge in [0.15, 0.2) is 6.10 Å². The van der Waals surface area contributed by atoms with E-state index in [-0.39, 0.29) is 5.57 Å². The van der Waals surface area contributed by atoms with Gasteiger partial charge in [-0.05, 0) is 58.4 Å². The van der Waals surface area contributed by atoms with Gasteiger partial charge in [0.1, 0.15) is 16.9 Å². The van der Waals surface area contributed by atoms with Gasteiger partial charge in [-0.25, -0.2) is 9.59 Å². The van der Waals surface area contributed by atoms with Crippen LogP contribution in [0.15, 0.2) is 41.7 Å². The number of carbonyl (C=O) groups is 3. The fourth-order valence-electron chi connectivity index (χ4n) is 3.79. The Morgan fingerprint density at radius 1 is 1.20 bits per heavy atom. The number of amides is 1. The minimum Gasteiger partial charge on any atom is -0.509 e. The molecule has 1 N–H and O–H groups in total. The first-order valence-electron chi connectivity index (χ1n) is 10.4. The number of ether oxygens (including phenoxy) is 2. The van der Waals surface area contributed by atoms with E-state index in [2.05, 4.69) is 0 Å². The van der Waals surface area contributed by atoms with Crippen LogP contribution < -0.4 is 0 Å². The molecule has 7 nitrogen and oxygen atoms in total. The highest BCUT2D eigenvalue weighted by Crippen LogP contribution is 2.30. The van der Waals surface area contributed by atoms with Crippen LogP contribution in [0.1, 0.15) is 52.0 Å². The lowest BCUT2D eigenvalue weighted by Gasteiger charge is -2.36. The Bertz CT molecular complexity index is 839. The quantitative estimate of drug-likeness (QED) is 0.349. The van der Waals surface area contributed by atoms with Gasteiger partial charge in [-0.1, -0.05) is 30.3 Å². The topological polar surface area (TPSA) is 93.1 Å². The summed E-state index contributed by atoms with van der Waals surface area (Å²) in [5.41, 5.74) is 0.00634. The van der Waals surface area contributed by atoms with Crippen LogP contribution in [0.5, 0.6) is 0 Å². The van der Waals surface area contributed by atoms with Gasteiger partial charge < -0.3 is 14.6 Å². The zero-order valence-electron chi connectivity index (χ0n) is 17.7. The first-order chi connectivity index (χ1) is 14.2. The molecule has 0 aromatic heterocycles. The van der Waals surface area contributed by atoms with Crippen LogP contribution in [0, 0.1) is 0 Å². The van der Waals surface area contributed by atoms with E-state index in [1.807, 2.05) is 30.3 Å². The van der Waals surface area contributed by atoms with Crippen LogP contribution in [-0.4, -0.2) is 52.1 Å². The summed E-state index contributed by atoms with van der Waals surface area (Å²) in [6.45, 7) is 5.67. The zero-order chi connectivity index (χ0) is 21.9. The number of hydrogen-bond acceptors (Lipinski definition) is 6. The number of piperidine rings is 1. The Labute approximate surface area is 176 Å². The molecule has 0 aliphatic carbocycles. The van der Waals surface area contributed by atoms with Crippen molar-refractivity contribution in [1.29, 1.82) is 0 Å². The van der Waals surface area contributed by atoms with Crippen LogP contribution in [0.3, 0.4) is 0 Å². The van der Waals surface area contributed by atoms with Gasteiger partial charge >= 0.3 is 12.1 Å². The van der Waals surface area contributed by atoms with Crippen molar-refractivity contribution in [3.05, 3.63) is 47.2 Å². The molecule has 2 heterocycles. The lowest BCUT2D eigenvalue weighted by atomic mass is 9.95. The van der Waals surface area contributed by atoms with Crippen molar-refractivity contribution >= 4 is 17.8 Å². The number of ketones is 1. The fraction of sp³-hybridized carbons (Fsp3) is 0.522. The maximum Gasteiger partial charge on any atom is 0.410 e. The maximum atomic E-state index is 12.8. The van der Waals surface area contributed by atoms with Gasteiger partial charge in [0, 0.05) is 6.54 Å². The highest BCUT2D eigenvalue weighted by Gasteiger charge is 2.44. The molecule has 0 saturated carbocycles. The van der Waals surface area contributed by atoms with E-state index in [9.17, 15) is 19.5 Å². The van der Waals surface area contributed by atoms with Crippen molar-refractivity contribution in [3.8, 4) is 0 Å². The Hall–Kier alpha value is -2.83. The van der Waals surface area contributed by atoms with Crippen LogP contribution in [-0.2, 0) is 25.5 Å². The van der Waals surface area contributed by atoms with Crippen LogP contribution in [0.4, 0.5) is 4.79 Å². The number of rotatable bonds is 4. The molecule has 2 atom stereocenters. The van der Waals surface area contributed by atoms with Crippen LogP contribution >= 0.6 is 0 Å². The van der Waals surface area contributed by atoms with Crippen molar-refractivity contribution in [3.63, 3.8) is 0 Å². The molecule has 2 saturated heterocycles. The van der Waals surface area contributed by atoms with Gasteiger partial charge in [0.2, 0.25) is 5.78 Å². The number of esters is 1. The summed E-state index contributed by atoms with van der Waals surface area (Å²) in [5, 5.41) is 10.8. The molecule has 0 unspecified atom stereocenters. The molecule has 7 heteroatoms. The summed E-state index contributed by atoms with van der Waals surface area (Å²) in [5.74, 6) is -1.74. The first kappa shape index (κ1) is 21.9. The average Bonchev–Trinajstić information content (AvgIpc) is 2.98. The van der Waals surface area contributed by atoms with E-state index in [1.165, 1.54) is 4.90 Å². The molecule has 2 fully saturated rings. The van der Waals surface area contributed by atoms with Gasteiger partial charge in [0.25, 0.3) is 0 Å². The van der Waals surface area contributed by atoms with Crippen molar-refractivity contribution in [2.45, 2.75) is 70.6 Å². The molecule has 162 valence electrons. The Morgan fingerprint density at radius 2 is 1.90 bits per heavy atom. The molecular formula is C23H29NO6. The van der Waals surface area contributed by atoms with Crippen molar-refractivity contribution in [2.24, 2.45) is 0 Å². The normalized spacial score (nSPS) is 23.9. The predicted molar refractivity (Wildman–Crippen MR) is 110 cm³/mol. The van der Waals surface area contributed by atoms with Gasteiger partial charge in [-0.2, -0.15) is 0 Å². The van der Waals surface area contributed by atoms with Crippen molar-refractivity contribution in [2.75, 3.05) is 6.54 Å². The van der Waals surface area contributed by atoms with E-state index in [4.69, 9.17) is 9.47 Å². The van der Waals surface area contributed by atoms with E-state index >= 15 is 0 Å². The average molecular weight is 415 g/mol. The highest BCUT2D eigenvalue weighted by atomic mass is 16.6. The third-order valence-electron chi connectivity index (χ3n) is 5.23. The third-order valence-corrected chi connectivity index (χ3v) is 5.23. The van der Waals surface area contributed by atoms with E-state index < -0.39 is 41.4 Å².